The third-order valence-corrected chi connectivity index (χ3v) is 3.36. The van der Waals surface area contributed by atoms with Crippen LogP contribution in [0.4, 0.5) is 5.69 Å². The van der Waals surface area contributed by atoms with Crippen LogP contribution in [0.15, 0.2) is 54.6 Å². The van der Waals surface area contributed by atoms with E-state index in [-0.39, 0.29) is 12.1 Å². The minimum absolute atomic E-state index is 0.106. The molecule has 3 rings (SSSR count). The van der Waals surface area contributed by atoms with Gasteiger partial charge >= 0.3 is 0 Å². The molecule has 0 fully saturated rings. The van der Waals surface area contributed by atoms with Crippen LogP contribution < -0.4 is 15.4 Å². The zero-order chi connectivity index (χ0) is 14.7. The Balaban J connectivity index is 1.85. The Morgan fingerprint density at radius 2 is 1.86 bits per heavy atom. The van der Waals surface area contributed by atoms with Crippen molar-refractivity contribution in [3.05, 3.63) is 65.7 Å². The number of ether oxygens (including phenoxy) is 1. The summed E-state index contributed by atoms with van der Waals surface area (Å²) in [7, 11) is 1.60. The first kappa shape index (κ1) is 13.2. The SMILES string of the molecule is COc1cccc2c1N[C@H](/C=C/c1ccccc1)NC2=O. The maximum atomic E-state index is 12.1. The second kappa shape index (κ2) is 5.71. The predicted molar refractivity (Wildman–Crippen MR) is 83.3 cm³/mol. The molecule has 0 radical (unpaired) electrons. The van der Waals surface area contributed by atoms with E-state index in [4.69, 9.17) is 4.74 Å². The highest BCUT2D eigenvalue weighted by Crippen LogP contribution is 2.31. The second-order valence-electron chi connectivity index (χ2n) is 4.75. The third kappa shape index (κ3) is 2.74. The van der Waals surface area contributed by atoms with Crippen molar-refractivity contribution in [1.82, 2.24) is 5.32 Å². The fourth-order valence-corrected chi connectivity index (χ4v) is 2.32. The molecule has 1 atom stereocenters. The molecule has 2 aromatic rings. The van der Waals surface area contributed by atoms with E-state index in [0.717, 1.165) is 11.3 Å². The Hall–Kier alpha value is -2.75. The highest BCUT2D eigenvalue weighted by atomic mass is 16.5. The van der Waals surface area contributed by atoms with Crippen LogP contribution in [0.2, 0.25) is 0 Å². The molecule has 106 valence electrons. The number of amides is 1. The van der Waals surface area contributed by atoms with Crippen molar-refractivity contribution in [2.45, 2.75) is 6.17 Å². The van der Waals surface area contributed by atoms with Gasteiger partial charge in [0.25, 0.3) is 5.91 Å². The van der Waals surface area contributed by atoms with Crippen molar-refractivity contribution in [1.29, 1.82) is 0 Å². The van der Waals surface area contributed by atoms with Crippen LogP contribution >= 0.6 is 0 Å². The van der Waals surface area contributed by atoms with Gasteiger partial charge in [0.05, 0.1) is 18.4 Å². The van der Waals surface area contributed by atoms with Crippen LogP contribution in [0.3, 0.4) is 0 Å². The molecule has 0 spiro atoms. The van der Waals surface area contributed by atoms with E-state index >= 15 is 0 Å². The fraction of sp³-hybridized carbons (Fsp3) is 0.118. The van der Waals surface area contributed by atoms with E-state index in [9.17, 15) is 4.79 Å². The molecular weight excluding hydrogens is 264 g/mol. The lowest BCUT2D eigenvalue weighted by Crippen LogP contribution is -2.43. The highest BCUT2D eigenvalue weighted by molar-refractivity contribution is 6.03. The van der Waals surface area contributed by atoms with Gasteiger partial charge in [-0.25, -0.2) is 0 Å². The zero-order valence-corrected chi connectivity index (χ0v) is 11.7. The standard InChI is InChI=1S/C17H16N2O2/c1-21-14-9-5-8-13-16(14)18-15(19-17(13)20)11-10-12-6-3-2-4-7-12/h2-11,15,18H,1H3,(H,19,20)/b11-10+/t15-/m0/s1. The molecule has 4 heteroatoms. The largest absolute Gasteiger partial charge is 0.495 e. The molecule has 1 aliphatic heterocycles. The molecule has 0 aliphatic carbocycles. The number of anilines is 1. The summed E-state index contributed by atoms with van der Waals surface area (Å²) in [6.45, 7) is 0. The first-order valence-electron chi connectivity index (χ1n) is 6.75. The Kier molecular flexibility index (Phi) is 3.60. The van der Waals surface area contributed by atoms with Gasteiger partial charge in [0.15, 0.2) is 0 Å². The lowest BCUT2D eigenvalue weighted by Gasteiger charge is -2.27. The number of carbonyl (C=O) groups excluding carboxylic acids is 1. The van der Waals surface area contributed by atoms with Crippen LogP contribution in [-0.2, 0) is 0 Å². The molecule has 1 heterocycles. The lowest BCUT2D eigenvalue weighted by molar-refractivity contribution is 0.0943. The molecule has 0 saturated heterocycles. The van der Waals surface area contributed by atoms with E-state index in [1.807, 2.05) is 48.6 Å². The number of hydrogen-bond acceptors (Lipinski definition) is 3. The highest BCUT2D eigenvalue weighted by Gasteiger charge is 2.24. The van der Waals surface area contributed by atoms with Gasteiger partial charge in [-0.1, -0.05) is 42.5 Å². The van der Waals surface area contributed by atoms with Crippen molar-refractivity contribution < 1.29 is 9.53 Å². The number of methoxy groups -OCH3 is 1. The Bertz CT molecular complexity index is 680. The summed E-state index contributed by atoms with van der Waals surface area (Å²) in [4.78, 5) is 12.1. The van der Waals surface area contributed by atoms with Gasteiger partial charge in [-0.2, -0.15) is 0 Å². The molecule has 1 amide bonds. The number of benzene rings is 2. The summed E-state index contributed by atoms with van der Waals surface area (Å²) in [5, 5.41) is 6.18. The van der Waals surface area contributed by atoms with Gasteiger partial charge in [0.2, 0.25) is 0 Å². The van der Waals surface area contributed by atoms with E-state index < -0.39 is 0 Å². The van der Waals surface area contributed by atoms with Gasteiger partial charge in [-0.15, -0.1) is 0 Å². The zero-order valence-electron chi connectivity index (χ0n) is 11.7. The molecule has 2 aromatic carbocycles. The van der Waals surface area contributed by atoms with Crippen LogP contribution in [-0.4, -0.2) is 19.2 Å². The Labute approximate surface area is 123 Å². The number of rotatable bonds is 3. The first-order valence-corrected chi connectivity index (χ1v) is 6.75. The molecule has 21 heavy (non-hydrogen) atoms. The molecule has 4 nitrogen and oxygen atoms in total. The second-order valence-corrected chi connectivity index (χ2v) is 4.75. The summed E-state index contributed by atoms with van der Waals surface area (Å²) < 4.78 is 5.31. The predicted octanol–water partition coefficient (Wildman–Crippen LogP) is 2.89. The summed E-state index contributed by atoms with van der Waals surface area (Å²) in [5.74, 6) is 0.561. The minimum Gasteiger partial charge on any atom is -0.495 e. The topological polar surface area (TPSA) is 50.4 Å². The van der Waals surface area contributed by atoms with E-state index in [0.29, 0.717) is 11.3 Å². The van der Waals surface area contributed by atoms with E-state index in [1.165, 1.54) is 0 Å². The summed E-state index contributed by atoms with van der Waals surface area (Å²) in [6.07, 6.45) is 3.63. The van der Waals surface area contributed by atoms with Crippen LogP contribution in [0.25, 0.3) is 6.08 Å². The van der Waals surface area contributed by atoms with Gasteiger partial charge in [-0.3, -0.25) is 4.79 Å². The first-order chi connectivity index (χ1) is 10.3. The van der Waals surface area contributed by atoms with Gasteiger partial charge in [-0.05, 0) is 23.8 Å². The lowest BCUT2D eigenvalue weighted by atomic mass is 10.1. The Morgan fingerprint density at radius 3 is 2.62 bits per heavy atom. The molecule has 0 aromatic heterocycles. The average Bonchev–Trinajstić information content (AvgIpc) is 2.53. The van der Waals surface area contributed by atoms with E-state index in [2.05, 4.69) is 10.6 Å². The normalized spacial score (nSPS) is 17.0. The maximum absolute atomic E-state index is 12.1. The van der Waals surface area contributed by atoms with Crippen LogP contribution in [0.1, 0.15) is 15.9 Å². The van der Waals surface area contributed by atoms with Crippen LogP contribution in [0, 0.1) is 0 Å². The van der Waals surface area contributed by atoms with Crippen LogP contribution in [0.5, 0.6) is 5.75 Å². The molecular formula is C17H16N2O2. The van der Waals surface area contributed by atoms with Crippen molar-refractivity contribution in [2.75, 3.05) is 12.4 Å². The smallest absolute Gasteiger partial charge is 0.255 e. The molecule has 1 aliphatic rings. The van der Waals surface area contributed by atoms with Crippen molar-refractivity contribution in [2.24, 2.45) is 0 Å². The number of para-hydroxylation sites is 1. The Morgan fingerprint density at radius 1 is 1.05 bits per heavy atom. The maximum Gasteiger partial charge on any atom is 0.255 e. The molecule has 2 N–H and O–H groups in total. The summed E-state index contributed by atoms with van der Waals surface area (Å²) >= 11 is 0. The minimum atomic E-state index is -0.262. The van der Waals surface area contributed by atoms with Gasteiger partial charge in [0, 0.05) is 0 Å². The van der Waals surface area contributed by atoms with Crippen molar-refractivity contribution in [3.8, 4) is 5.75 Å². The van der Waals surface area contributed by atoms with Gasteiger partial charge in [0.1, 0.15) is 11.9 Å². The van der Waals surface area contributed by atoms with E-state index in [1.54, 1.807) is 19.2 Å². The number of hydrogen-bond donors (Lipinski definition) is 2. The third-order valence-electron chi connectivity index (χ3n) is 3.36. The quantitative estimate of drug-likeness (QED) is 0.909. The number of carbonyl (C=O) groups is 1. The average molecular weight is 280 g/mol. The molecule has 0 saturated carbocycles. The summed E-state index contributed by atoms with van der Waals surface area (Å²) in [6, 6.07) is 15.4. The molecule has 0 bridgehead atoms. The molecule has 0 unspecified atom stereocenters. The van der Waals surface area contributed by atoms with Crippen molar-refractivity contribution in [3.63, 3.8) is 0 Å². The monoisotopic (exact) mass is 280 g/mol. The van der Waals surface area contributed by atoms with Crippen molar-refractivity contribution >= 4 is 17.7 Å². The number of nitrogens with one attached hydrogen (secondary N) is 2. The summed E-state index contributed by atoms with van der Waals surface area (Å²) in [5.41, 5.74) is 2.41. The fourth-order valence-electron chi connectivity index (χ4n) is 2.32. The number of fused-ring (bicyclic) bond motifs is 1. The van der Waals surface area contributed by atoms with Gasteiger partial charge < -0.3 is 15.4 Å².